The molecule has 1 unspecified atom stereocenters. The van der Waals surface area contributed by atoms with Crippen LogP contribution in [0.3, 0.4) is 0 Å². The molecule has 1 fully saturated rings. The van der Waals surface area contributed by atoms with Crippen LogP contribution in [0.4, 0.5) is 9.18 Å². The fourth-order valence-corrected chi connectivity index (χ4v) is 4.57. The number of ether oxygens (including phenoxy) is 2. The zero-order chi connectivity index (χ0) is 23.6. The molecule has 1 aliphatic rings. The molecule has 8 nitrogen and oxygen atoms in total. The first kappa shape index (κ1) is 23.0. The number of H-pyrrole nitrogens is 1. The normalized spacial score (nSPS) is 16.5. The number of likely N-dealkylation sites (tertiary alicyclic amines) is 1. The van der Waals surface area contributed by atoms with E-state index in [0.717, 1.165) is 10.9 Å². The van der Waals surface area contributed by atoms with Crippen molar-refractivity contribution < 1.29 is 28.6 Å². The molecule has 4 rings (SSSR count). The van der Waals surface area contributed by atoms with Crippen LogP contribution < -0.4 is 0 Å². The monoisotopic (exact) mass is 475 g/mol. The van der Waals surface area contributed by atoms with Crippen molar-refractivity contribution in [2.24, 2.45) is 0 Å². The maximum absolute atomic E-state index is 13.6. The first-order chi connectivity index (χ1) is 15.8. The van der Waals surface area contributed by atoms with E-state index in [0.29, 0.717) is 42.0 Å². The Morgan fingerprint density at radius 1 is 1.27 bits per heavy atom. The lowest BCUT2D eigenvalue weighted by molar-refractivity contribution is -0.156. The summed E-state index contributed by atoms with van der Waals surface area (Å²) in [4.78, 5) is 25.5. The second-order valence-electron chi connectivity index (χ2n) is 8.10. The molecule has 2 N–H and O–H groups in total. The molecule has 3 aromatic rings. The number of fused-ring (bicyclic) bond motifs is 1. The number of nitrogens with zero attached hydrogens (tertiary/aromatic N) is 2. The maximum Gasteiger partial charge on any atom is 0.407 e. The summed E-state index contributed by atoms with van der Waals surface area (Å²) in [5.74, 6) is -0.976. The molecule has 0 bridgehead atoms. The number of nitrogens with one attached hydrogen (secondary N) is 1. The Labute approximate surface area is 194 Å². The van der Waals surface area contributed by atoms with Crippen LogP contribution in [0.15, 0.2) is 42.6 Å². The van der Waals surface area contributed by atoms with Crippen LogP contribution in [-0.4, -0.2) is 59.1 Å². The molecule has 0 saturated carbocycles. The van der Waals surface area contributed by atoms with Crippen LogP contribution in [0.2, 0.25) is 5.02 Å². The van der Waals surface area contributed by atoms with Gasteiger partial charge in [0.05, 0.1) is 25.4 Å². The molecule has 0 radical (unpaired) electrons. The molecule has 174 valence electrons. The average Bonchev–Trinajstić information content (AvgIpc) is 3.28. The SMILES string of the molecule is COC(=O)C(OCC1(c2ccc(F)cc2)CCN(C(=O)O)CC1)c1cc(Cl)cc2cn[nH]c12. The Balaban J connectivity index is 1.67. The van der Waals surface area contributed by atoms with Gasteiger partial charge in [-0.15, -0.1) is 0 Å². The summed E-state index contributed by atoms with van der Waals surface area (Å²) < 4.78 is 24.8. The highest BCUT2D eigenvalue weighted by Gasteiger charge is 2.40. The summed E-state index contributed by atoms with van der Waals surface area (Å²) in [5, 5.41) is 17.4. The van der Waals surface area contributed by atoms with Gasteiger partial charge in [0.1, 0.15) is 5.82 Å². The van der Waals surface area contributed by atoms with Gasteiger partial charge in [0.25, 0.3) is 0 Å². The fourth-order valence-electron chi connectivity index (χ4n) is 4.33. The highest BCUT2D eigenvalue weighted by molar-refractivity contribution is 6.31. The van der Waals surface area contributed by atoms with Crippen LogP contribution in [0, 0.1) is 5.82 Å². The van der Waals surface area contributed by atoms with E-state index < -0.39 is 23.6 Å². The van der Waals surface area contributed by atoms with E-state index in [9.17, 15) is 19.1 Å². The Hall–Kier alpha value is -3.17. The Kier molecular flexibility index (Phi) is 6.53. The molecule has 33 heavy (non-hydrogen) atoms. The minimum Gasteiger partial charge on any atom is -0.467 e. The van der Waals surface area contributed by atoms with Gasteiger partial charge in [-0.3, -0.25) is 5.10 Å². The molecule has 1 atom stereocenters. The van der Waals surface area contributed by atoms with Gasteiger partial charge in [0.2, 0.25) is 0 Å². The summed E-state index contributed by atoms with van der Waals surface area (Å²) >= 11 is 6.26. The van der Waals surface area contributed by atoms with Crippen molar-refractivity contribution in [3.05, 3.63) is 64.6 Å². The summed E-state index contributed by atoms with van der Waals surface area (Å²) in [5.41, 5.74) is 1.29. The Morgan fingerprint density at radius 3 is 2.61 bits per heavy atom. The number of carbonyl (C=O) groups is 2. The minimum absolute atomic E-state index is 0.0913. The van der Waals surface area contributed by atoms with Crippen LogP contribution in [0.25, 0.3) is 10.9 Å². The predicted molar refractivity (Wildman–Crippen MR) is 119 cm³/mol. The number of rotatable bonds is 6. The summed E-state index contributed by atoms with van der Waals surface area (Å²) in [6.45, 7) is 0.676. The number of carbonyl (C=O) groups excluding carboxylic acids is 1. The zero-order valence-corrected chi connectivity index (χ0v) is 18.6. The number of halogens is 2. The van der Waals surface area contributed by atoms with E-state index >= 15 is 0 Å². The highest BCUT2D eigenvalue weighted by Crippen LogP contribution is 2.38. The summed E-state index contributed by atoms with van der Waals surface area (Å²) in [7, 11) is 1.27. The number of benzene rings is 2. The second kappa shape index (κ2) is 9.36. The molecule has 1 aromatic heterocycles. The van der Waals surface area contributed by atoms with Crippen molar-refractivity contribution >= 4 is 34.6 Å². The number of aromatic nitrogens is 2. The quantitative estimate of drug-likeness (QED) is 0.515. The first-order valence-corrected chi connectivity index (χ1v) is 10.8. The number of methoxy groups -OCH3 is 1. The van der Waals surface area contributed by atoms with Crippen molar-refractivity contribution in [1.29, 1.82) is 0 Å². The lowest BCUT2D eigenvalue weighted by Gasteiger charge is -2.41. The highest BCUT2D eigenvalue weighted by atomic mass is 35.5. The number of piperidine rings is 1. The second-order valence-corrected chi connectivity index (χ2v) is 8.54. The fraction of sp³-hybridized carbons (Fsp3) is 0.348. The molecule has 0 spiro atoms. The molecular weight excluding hydrogens is 453 g/mol. The van der Waals surface area contributed by atoms with E-state index in [1.54, 1.807) is 30.5 Å². The Morgan fingerprint density at radius 2 is 1.97 bits per heavy atom. The minimum atomic E-state index is -1.09. The van der Waals surface area contributed by atoms with E-state index in [4.69, 9.17) is 21.1 Å². The van der Waals surface area contributed by atoms with E-state index in [2.05, 4.69) is 10.2 Å². The smallest absolute Gasteiger partial charge is 0.407 e. The van der Waals surface area contributed by atoms with Crippen LogP contribution in [-0.2, 0) is 19.7 Å². The van der Waals surface area contributed by atoms with Gasteiger partial charge in [-0.2, -0.15) is 5.10 Å². The standard InChI is InChI=1S/C23H23ClFN3O5/c1-32-21(29)20(18-11-16(24)10-14-12-26-27-19(14)18)33-13-23(15-2-4-17(25)5-3-15)6-8-28(9-7-23)22(30)31/h2-5,10-12,20H,6-9,13H2,1H3,(H,26,27)(H,30,31). The molecule has 1 saturated heterocycles. The molecule has 2 heterocycles. The number of aromatic amines is 1. The van der Waals surface area contributed by atoms with Crippen LogP contribution >= 0.6 is 11.6 Å². The summed E-state index contributed by atoms with van der Waals surface area (Å²) in [6.07, 6.45) is 0.422. The molecule has 1 aliphatic heterocycles. The van der Waals surface area contributed by atoms with Gasteiger partial charge >= 0.3 is 12.1 Å². The first-order valence-electron chi connectivity index (χ1n) is 10.4. The number of amides is 1. The summed E-state index contributed by atoms with van der Waals surface area (Å²) in [6, 6.07) is 9.43. The van der Waals surface area contributed by atoms with Crippen LogP contribution in [0.5, 0.6) is 0 Å². The maximum atomic E-state index is 13.6. The van der Waals surface area contributed by atoms with Gasteiger partial charge in [0.15, 0.2) is 6.10 Å². The van der Waals surface area contributed by atoms with Crippen molar-refractivity contribution in [2.75, 3.05) is 26.8 Å². The van der Waals surface area contributed by atoms with Crippen LogP contribution in [0.1, 0.15) is 30.1 Å². The number of carboxylic acid groups (broad SMARTS) is 1. The number of hydrogen-bond donors (Lipinski definition) is 2. The predicted octanol–water partition coefficient (Wildman–Crippen LogP) is 4.30. The molecule has 1 amide bonds. The van der Waals surface area contributed by atoms with Gasteiger partial charge in [0, 0.05) is 34.5 Å². The Bertz CT molecular complexity index is 1160. The van der Waals surface area contributed by atoms with E-state index in [-0.39, 0.29) is 12.4 Å². The average molecular weight is 476 g/mol. The lowest BCUT2D eigenvalue weighted by Crippen LogP contribution is -2.47. The van der Waals surface area contributed by atoms with E-state index in [1.165, 1.54) is 24.1 Å². The third-order valence-electron chi connectivity index (χ3n) is 6.22. The third kappa shape index (κ3) is 4.65. The lowest BCUT2D eigenvalue weighted by atomic mass is 9.73. The topological polar surface area (TPSA) is 105 Å². The van der Waals surface area contributed by atoms with Gasteiger partial charge in [-0.25, -0.2) is 14.0 Å². The zero-order valence-electron chi connectivity index (χ0n) is 17.9. The molecular formula is C23H23ClFN3O5. The largest absolute Gasteiger partial charge is 0.467 e. The van der Waals surface area contributed by atoms with Crippen molar-refractivity contribution in [2.45, 2.75) is 24.4 Å². The van der Waals surface area contributed by atoms with Gasteiger partial charge in [-0.05, 0) is 42.7 Å². The third-order valence-corrected chi connectivity index (χ3v) is 6.43. The van der Waals surface area contributed by atoms with E-state index in [1.807, 2.05) is 0 Å². The van der Waals surface area contributed by atoms with Gasteiger partial charge in [-0.1, -0.05) is 23.7 Å². The molecule has 0 aliphatic carbocycles. The molecule has 10 heteroatoms. The molecule has 2 aromatic carbocycles. The van der Waals surface area contributed by atoms with Crippen molar-refractivity contribution in [3.63, 3.8) is 0 Å². The number of esters is 1. The van der Waals surface area contributed by atoms with Crippen molar-refractivity contribution in [1.82, 2.24) is 15.1 Å². The van der Waals surface area contributed by atoms with Crippen molar-refractivity contribution in [3.8, 4) is 0 Å². The van der Waals surface area contributed by atoms with Gasteiger partial charge < -0.3 is 19.5 Å². The number of hydrogen-bond acceptors (Lipinski definition) is 5.